The van der Waals surface area contributed by atoms with Crippen LogP contribution in [-0.2, 0) is 20.1 Å². The van der Waals surface area contributed by atoms with E-state index in [-0.39, 0.29) is 11.4 Å². The first-order chi connectivity index (χ1) is 8.95. The minimum atomic E-state index is -3.45. The summed E-state index contributed by atoms with van der Waals surface area (Å²) in [5, 5.41) is 0.704. The van der Waals surface area contributed by atoms with E-state index >= 15 is 0 Å². The van der Waals surface area contributed by atoms with Crippen LogP contribution in [0.3, 0.4) is 0 Å². The second-order valence-electron chi connectivity index (χ2n) is 4.19. The van der Waals surface area contributed by atoms with Crippen LogP contribution in [0, 0.1) is 0 Å². The normalized spacial score (nSPS) is 11.5. The molecule has 0 heterocycles. The number of rotatable bonds is 8. The summed E-state index contributed by atoms with van der Waals surface area (Å²) in [4.78, 5) is 0.261. The summed E-state index contributed by atoms with van der Waals surface area (Å²) in [5.41, 5.74) is 1.94. The summed E-state index contributed by atoms with van der Waals surface area (Å²) < 4.78 is 31.6. The van der Waals surface area contributed by atoms with E-state index < -0.39 is 10.0 Å². The zero-order valence-electron chi connectivity index (χ0n) is 10.9. The van der Waals surface area contributed by atoms with Gasteiger partial charge >= 0.3 is 0 Å². The van der Waals surface area contributed by atoms with Gasteiger partial charge in [-0.2, -0.15) is 0 Å². The molecule has 0 aromatic heterocycles. The number of hydrogen-bond donors (Lipinski definition) is 1. The third-order valence-electron chi connectivity index (χ3n) is 2.27. The minimum Gasteiger partial charge on any atom is -0.376 e. The SMILES string of the molecule is C=C(C)COCCNS(=O)(=O)c1ccc(CBr)cc1. The average Bonchev–Trinajstić information content (AvgIpc) is 2.38. The maximum absolute atomic E-state index is 11.9. The molecule has 0 saturated carbocycles. The Bertz CT molecular complexity index is 511. The largest absolute Gasteiger partial charge is 0.376 e. The van der Waals surface area contributed by atoms with Gasteiger partial charge in [0.05, 0.1) is 18.1 Å². The molecule has 0 unspecified atom stereocenters. The van der Waals surface area contributed by atoms with E-state index in [2.05, 4.69) is 27.2 Å². The van der Waals surface area contributed by atoms with Crippen molar-refractivity contribution in [2.75, 3.05) is 19.8 Å². The molecule has 0 amide bonds. The predicted molar refractivity (Wildman–Crippen MR) is 79.9 cm³/mol. The number of alkyl halides is 1. The summed E-state index contributed by atoms with van der Waals surface area (Å²) >= 11 is 3.31. The highest BCUT2D eigenvalue weighted by Crippen LogP contribution is 2.12. The molecule has 0 saturated heterocycles. The average molecular weight is 348 g/mol. The summed E-state index contributed by atoms with van der Waals surface area (Å²) in [6.07, 6.45) is 0. The molecular weight excluding hydrogens is 330 g/mol. The Morgan fingerprint density at radius 3 is 2.53 bits per heavy atom. The minimum absolute atomic E-state index is 0.246. The fraction of sp³-hybridized carbons (Fsp3) is 0.385. The van der Waals surface area contributed by atoms with Gasteiger partial charge in [0.25, 0.3) is 0 Å². The molecule has 0 aliphatic heterocycles. The first-order valence-electron chi connectivity index (χ1n) is 5.82. The molecule has 0 spiro atoms. The lowest BCUT2D eigenvalue weighted by molar-refractivity contribution is 0.162. The van der Waals surface area contributed by atoms with E-state index in [0.29, 0.717) is 18.5 Å². The van der Waals surface area contributed by atoms with Crippen molar-refractivity contribution < 1.29 is 13.2 Å². The highest BCUT2D eigenvalue weighted by molar-refractivity contribution is 9.08. The molecule has 1 aromatic carbocycles. The molecule has 0 aliphatic rings. The van der Waals surface area contributed by atoms with Gasteiger partial charge < -0.3 is 4.74 Å². The van der Waals surface area contributed by atoms with E-state index in [4.69, 9.17) is 4.74 Å². The Morgan fingerprint density at radius 1 is 1.37 bits per heavy atom. The second kappa shape index (κ2) is 7.79. The number of hydrogen-bond acceptors (Lipinski definition) is 3. The van der Waals surface area contributed by atoms with Gasteiger partial charge in [-0.25, -0.2) is 13.1 Å². The van der Waals surface area contributed by atoms with Crippen molar-refractivity contribution in [1.82, 2.24) is 4.72 Å². The molecule has 0 bridgehead atoms. The smallest absolute Gasteiger partial charge is 0.240 e. The maximum Gasteiger partial charge on any atom is 0.240 e. The lowest BCUT2D eigenvalue weighted by Crippen LogP contribution is -2.27. The molecule has 1 aromatic rings. The van der Waals surface area contributed by atoms with Gasteiger partial charge in [0.2, 0.25) is 10.0 Å². The third-order valence-corrected chi connectivity index (χ3v) is 4.40. The van der Waals surface area contributed by atoms with Crippen molar-refractivity contribution in [3.63, 3.8) is 0 Å². The summed E-state index contributed by atoms with van der Waals surface area (Å²) in [6, 6.07) is 6.74. The zero-order valence-corrected chi connectivity index (χ0v) is 13.3. The van der Waals surface area contributed by atoms with E-state index in [1.807, 2.05) is 6.92 Å². The molecule has 0 aliphatic carbocycles. The molecule has 0 radical (unpaired) electrons. The van der Waals surface area contributed by atoms with Crippen LogP contribution in [0.1, 0.15) is 12.5 Å². The van der Waals surface area contributed by atoms with Gasteiger partial charge in [0.1, 0.15) is 0 Å². The van der Waals surface area contributed by atoms with Gasteiger partial charge in [-0.3, -0.25) is 0 Å². The zero-order chi connectivity index (χ0) is 14.3. The van der Waals surface area contributed by atoms with Crippen molar-refractivity contribution in [2.24, 2.45) is 0 Å². The van der Waals surface area contributed by atoms with Crippen LogP contribution in [0.5, 0.6) is 0 Å². The van der Waals surface area contributed by atoms with E-state index in [1.165, 1.54) is 0 Å². The fourth-order valence-corrected chi connectivity index (χ4v) is 2.72. The number of halogens is 1. The van der Waals surface area contributed by atoms with Crippen LogP contribution in [0.4, 0.5) is 0 Å². The Hall–Kier alpha value is -0.690. The van der Waals surface area contributed by atoms with Crippen molar-refractivity contribution in [3.05, 3.63) is 42.0 Å². The summed E-state index contributed by atoms with van der Waals surface area (Å²) in [7, 11) is -3.45. The van der Waals surface area contributed by atoms with Crippen LogP contribution in [-0.4, -0.2) is 28.2 Å². The standard InChI is InChI=1S/C13H18BrNO3S/c1-11(2)10-18-8-7-15-19(16,17)13-5-3-12(9-14)4-6-13/h3-6,15H,1,7-10H2,2H3. The molecule has 1 rings (SSSR count). The second-order valence-corrected chi connectivity index (χ2v) is 6.51. The number of sulfonamides is 1. The van der Waals surface area contributed by atoms with Crippen molar-refractivity contribution in [3.8, 4) is 0 Å². The van der Waals surface area contributed by atoms with Crippen LogP contribution in [0.25, 0.3) is 0 Å². The molecule has 4 nitrogen and oxygen atoms in total. The first-order valence-corrected chi connectivity index (χ1v) is 8.43. The lowest BCUT2D eigenvalue weighted by Gasteiger charge is -2.08. The number of benzene rings is 1. The van der Waals surface area contributed by atoms with Crippen LogP contribution in [0.2, 0.25) is 0 Å². The molecular formula is C13H18BrNO3S. The number of ether oxygens (including phenoxy) is 1. The molecule has 0 fully saturated rings. The van der Waals surface area contributed by atoms with Gasteiger partial charge in [0, 0.05) is 11.9 Å². The number of nitrogens with one attached hydrogen (secondary N) is 1. The maximum atomic E-state index is 11.9. The quantitative estimate of drug-likeness (QED) is 0.446. The third kappa shape index (κ3) is 5.86. The van der Waals surface area contributed by atoms with Crippen LogP contribution in [0.15, 0.2) is 41.3 Å². The van der Waals surface area contributed by atoms with Gasteiger partial charge in [-0.05, 0) is 24.6 Å². The molecule has 0 atom stereocenters. The predicted octanol–water partition coefficient (Wildman–Crippen LogP) is 2.45. The van der Waals surface area contributed by atoms with Crippen molar-refractivity contribution in [2.45, 2.75) is 17.1 Å². The lowest BCUT2D eigenvalue weighted by atomic mass is 10.2. The highest BCUT2D eigenvalue weighted by atomic mass is 79.9. The molecule has 106 valence electrons. The first kappa shape index (κ1) is 16.4. The van der Waals surface area contributed by atoms with Crippen molar-refractivity contribution in [1.29, 1.82) is 0 Å². The van der Waals surface area contributed by atoms with Gasteiger partial charge in [-0.15, -0.1) is 0 Å². The monoisotopic (exact) mass is 347 g/mol. The van der Waals surface area contributed by atoms with Crippen LogP contribution < -0.4 is 4.72 Å². The van der Waals surface area contributed by atoms with E-state index in [0.717, 1.165) is 11.1 Å². The summed E-state index contributed by atoms with van der Waals surface area (Å²) in [5.74, 6) is 0. The highest BCUT2D eigenvalue weighted by Gasteiger charge is 2.12. The van der Waals surface area contributed by atoms with Crippen LogP contribution >= 0.6 is 15.9 Å². The van der Waals surface area contributed by atoms with Gasteiger partial charge in [-0.1, -0.05) is 40.2 Å². The Morgan fingerprint density at radius 2 is 2.00 bits per heavy atom. The Kier molecular flexibility index (Phi) is 6.71. The Balaban J connectivity index is 2.48. The molecule has 1 N–H and O–H groups in total. The van der Waals surface area contributed by atoms with Gasteiger partial charge in [0.15, 0.2) is 0 Å². The van der Waals surface area contributed by atoms with E-state index in [9.17, 15) is 8.42 Å². The summed E-state index contributed by atoms with van der Waals surface area (Å²) in [6.45, 7) is 6.57. The topological polar surface area (TPSA) is 55.4 Å². The van der Waals surface area contributed by atoms with E-state index in [1.54, 1.807) is 24.3 Å². The molecule has 6 heteroatoms. The fourth-order valence-electron chi connectivity index (χ4n) is 1.34. The molecule has 19 heavy (non-hydrogen) atoms. The van der Waals surface area contributed by atoms with Crippen molar-refractivity contribution >= 4 is 26.0 Å². The Labute approximate surface area is 123 Å².